The standard InChI is InChI=1S/C34H36F3N7O3/c1-33(2,3)47-32(46)42-15-23-16-43(40-28(23)18-42)14-20-11-25-26(27(12-20)34(35,36)37)17-44(31(25)45)24-10-6-9-22(13-24)29(21-7-5-8-21)30-39-38-19-41(30)4/h6,9-13,16,19,21,29H,5,7-8,14-15,17-18H2,1-4H3/t29-/m1/s1. The zero-order chi connectivity index (χ0) is 33.2. The first-order chi connectivity index (χ1) is 22.2. The molecule has 4 heterocycles. The van der Waals surface area contributed by atoms with Crippen molar-refractivity contribution in [3.63, 3.8) is 0 Å². The fourth-order valence-electron chi connectivity index (χ4n) is 6.82. The minimum Gasteiger partial charge on any atom is -0.444 e. The molecular formula is C34H36F3N7O3. The molecule has 1 saturated carbocycles. The Kier molecular flexibility index (Phi) is 7.40. The maximum atomic E-state index is 14.5. The fraction of sp³-hybridized carbons (Fsp3) is 0.441. The van der Waals surface area contributed by atoms with Crippen molar-refractivity contribution in [2.45, 2.75) is 83.9 Å². The zero-order valence-corrected chi connectivity index (χ0v) is 26.7. The van der Waals surface area contributed by atoms with E-state index in [-0.39, 0.29) is 36.7 Å². The van der Waals surface area contributed by atoms with Crippen molar-refractivity contribution in [1.29, 1.82) is 0 Å². The van der Waals surface area contributed by atoms with Crippen molar-refractivity contribution < 1.29 is 27.5 Å². The van der Waals surface area contributed by atoms with Gasteiger partial charge in [0.15, 0.2) is 0 Å². The molecule has 3 aliphatic rings. The molecule has 2 aliphatic heterocycles. The monoisotopic (exact) mass is 647 g/mol. The summed E-state index contributed by atoms with van der Waals surface area (Å²) >= 11 is 0. The number of carbonyl (C=O) groups excluding carboxylic acids is 2. The van der Waals surface area contributed by atoms with E-state index in [0.717, 1.165) is 42.3 Å². The number of fused-ring (bicyclic) bond motifs is 2. The van der Waals surface area contributed by atoms with E-state index in [1.807, 2.05) is 29.8 Å². The Morgan fingerprint density at radius 2 is 1.87 bits per heavy atom. The maximum absolute atomic E-state index is 14.5. The average Bonchev–Trinajstić information content (AvgIpc) is 3.72. The SMILES string of the molecule is Cn1cnnc1[C@@H](c1cccc(N2Cc3c(cc(Cn4cc5c(n4)CN(C(=O)OC(C)(C)C)C5)cc3C(F)(F)F)C2=O)c1)C1CCC1. The van der Waals surface area contributed by atoms with E-state index in [1.165, 1.54) is 9.80 Å². The highest BCUT2D eigenvalue weighted by Crippen LogP contribution is 2.44. The predicted octanol–water partition coefficient (Wildman–Crippen LogP) is 6.42. The van der Waals surface area contributed by atoms with E-state index >= 15 is 0 Å². The molecular weight excluding hydrogens is 611 g/mol. The molecule has 2 amide bonds. The van der Waals surface area contributed by atoms with Crippen LogP contribution in [0.2, 0.25) is 0 Å². The summed E-state index contributed by atoms with van der Waals surface area (Å²) in [5, 5.41) is 13.0. The van der Waals surface area contributed by atoms with Gasteiger partial charge < -0.3 is 14.2 Å². The lowest BCUT2D eigenvalue weighted by atomic mass is 9.72. The van der Waals surface area contributed by atoms with E-state index in [2.05, 4.69) is 15.3 Å². The summed E-state index contributed by atoms with van der Waals surface area (Å²) < 4.78 is 52.3. The molecule has 4 aromatic rings. The summed E-state index contributed by atoms with van der Waals surface area (Å²) in [4.78, 5) is 29.3. The van der Waals surface area contributed by atoms with Crippen molar-refractivity contribution in [2.75, 3.05) is 4.90 Å². The molecule has 13 heteroatoms. The van der Waals surface area contributed by atoms with Gasteiger partial charge in [-0.2, -0.15) is 18.3 Å². The van der Waals surface area contributed by atoms with Gasteiger partial charge in [0, 0.05) is 36.0 Å². The summed E-state index contributed by atoms with van der Waals surface area (Å²) in [5.41, 5.74) is 1.84. The summed E-state index contributed by atoms with van der Waals surface area (Å²) in [6.07, 6.45) is 1.53. The van der Waals surface area contributed by atoms with Crippen LogP contribution in [0.25, 0.3) is 0 Å². The van der Waals surface area contributed by atoms with Crippen LogP contribution >= 0.6 is 0 Å². The second-order valence-corrected chi connectivity index (χ2v) is 13.8. The molecule has 0 unspecified atom stereocenters. The molecule has 1 fully saturated rings. The van der Waals surface area contributed by atoms with E-state index in [4.69, 9.17) is 4.74 Å². The lowest BCUT2D eigenvalue weighted by Crippen LogP contribution is -2.33. The van der Waals surface area contributed by atoms with Crippen LogP contribution in [0.5, 0.6) is 0 Å². The Morgan fingerprint density at radius 1 is 1.09 bits per heavy atom. The topological polar surface area (TPSA) is 98.4 Å². The predicted molar refractivity (Wildman–Crippen MR) is 165 cm³/mol. The number of anilines is 1. The second kappa shape index (κ2) is 11.2. The van der Waals surface area contributed by atoms with Gasteiger partial charge in [-0.15, -0.1) is 10.2 Å². The second-order valence-electron chi connectivity index (χ2n) is 13.8. The molecule has 2 aromatic carbocycles. The first-order valence-corrected chi connectivity index (χ1v) is 15.8. The average molecular weight is 648 g/mol. The molecule has 0 N–H and O–H groups in total. The van der Waals surface area contributed by atoms with Crippen molar-refractivity contribution in [2.24, 2.45) is 13.0 Å². The highest BCUT2D eigenvalue weighted by atomic mass is 19.4. The first kappa shape index (κ1) is 30.9. The molecule has 0 spiro atoms. The van der Waals surface area contributed by atoms with Crippen molar-refractivity contribution in [1.82, 2.24) is 29.4 Å². The highest BCUT2D eigenvalue weighted by Gasteiger charge is 2.41. The highest BCUT2D eigenvalue weighted by molar-refractivity contribution is 6.10. The summed E-state index contributed by atoms with van der Waals surface area (Å²) in [5.74, 6) is 0.705. The van der Waals surface area contributed by atoms with E-state index in [9.17, 15) is 22.8 Å². The number of nitrogens with zero attached hydrogens (tertiary/aromatic N) is 7. The van der Waals surface area contributed by atoms with Crippen molar-refractivity contribution >= 4 is 17.7 Å². The molecule has 246 valence electrons. The van der Waals surface area contributed by atoms with Gasteiger partial charge in [0.25, 0.3) is 5.91 Å². The third-order valence-corrected chi connectivity index (χ3v) is 9.22. The van der Waals surface area contributed by atoms with Crippen LogP contribution in [0.3, 0.4) is 0 Å². The number of hydrogen-bond acceptors (Lipinski definition) is 6. The van der Waals surface area contributed by atoms with E-state index in [1.54, 1.807) is 50.1 Å². The molecule has 47 heavy (non-hydrogen) atoms. The van der Waals surface area contributed by atoms with E-state index in [0.29, 0.717) is 29.4 Å². The summed E-state index contributed by atoms with van der Waals surface area (Å²) in [6.45, 7) is 5.79. The number of aryl methyl sites for hydroxylation is 1. The molecule has 7 rings (SSSR count). The fourth-order valence-corrected chi connectivity index (χ4v) is 6.82. The van der Waals surface area contributed by atoms with Gasteiger partial charge in [-0.05, 0) is 80.5 Å². The Bertz CT molecular complexity index is 1850. The first-order valence-electron chi connectivity index (χ1n) is 15.8. The third-order valence-electron chi connectivity index (χ3n) is 9.22. The summed E-state index contributed by atoms with van der Waals surface area (Å²) in [6, 6.07) is 10.2. The van der Waals surface area contributed by atoms with Crippen LogP contribution in [0.15, 0.2) is 48.9 Å². The molecule has 1 atom stereocenters. The van der Waals surface area contributed by atoms with E-state index < -0.39 is 29.3 Å². The smallest absolute Gasteiger partial charge is 0.416 e. The van der Waals surface area contributed by atoms with Gasteiger partial charge in [0.05, 0.1) is 37.4 Å². The van der Waals surface area contributed by atoms with Gasteiger partial charge in [0.1, 0.15) is 17.8 Å². The third kappa shape index (κ3) is 5.87. The Labute approximate surface area is 270 Å². The van der Waals surface area contributed by atoms with Crippen LogP contribution in [-0.4, -0.2) is 47.0 Å². The molecule has 0 saturated heterocycles. The summed E-state index contributed by atoms with van der Waals surface area (Å²) in [7, 11) is 1.90. The molecule has 1 aliphatic carbocycles. The Hall–Kier alpha value is -4.68. The van der Waals surface area contributed by atoms with Crippen LogP contribution in [0.1, 0.15) is 95.6 Å². The maximum Gasteiger partial charge on any atom is 0.416 e. The number of alkyl halides is 3. The number of halogens is 3. The van der Waals surface area contributed by atoms with Crippen molar-refractivity contribution in [3.8, 4) is 0 Å². The lowest BCUT2D eigenvalue weighted by Gasteiger charge is -2.33. The number of ether oxygens (including phenoxy) is 1. The zero-order valence-electron chi connectivity index (χ0n) is 26.7. The number of benzene rings is 2. The Balaban J connectivity index is 1.15. The number of carbonyl (C=O) groups is 2. The van der Waals surface area contributed by atoms with Gasteiger partial charge in [-0.25, -0.2) is 4.79 Å². The molecule has 2 aromatic heterocycles. The van der Waals surface area contributed by atoms with Crippen LogP contribution < -0.4 is 4.90 Å². The minimum atomic E-state index is -4.65. The minimum absolute atomic E-state index is 0.0273. The molecule has 10 nitrogen and oxygen atoms in total. The largest absolute Gasteiger partial charge is 0.444 e. The van der Waals surface area contributed by atoms with Crippen molar-refractivity contribution in [3.05, 3.63) is 93.8 Å². The normalized spacial score (nSPS) is 17.1. The van der Waals surface area contributed by atoms with Gasteiger partial charge >= 0.3 is 12.3 Å². The number of rotatable bonds is 6. The van der Waals surface area contributed by atoms with Crippen LogP contribution in [0.4, 0.5) is 23.7 Å². The number of hydrogen-bond donors (Lipinski definition) is 0. The van der Waals surface area contributed by atoms with Crippen LogP contribution in [0, 0.1) is 5.92 Å². The quantitative estimate of drug-likeness (QED) is 0.240. The number of aromatic nitrogens is 5. The van der Waals surface area contributed by atoms with Gasteiger partial charge in [0.2, 0.25) is 0 Å². The molecule has 0 radical (unpaired) electrons. The van der Waals surface area contributed by atoms with Gasteiger partial charge in [-0.3, -0.25) is 14.4 Å². The lowest BCUT2D eigenvalue weighted by molar-refractivity contribution is -0.138. The van der Waals surface area contributed by atoms with Crippen LogP contribution in [-0.2, 0) is 44.1 Å². The Morgan fingerprint density at radius 3 is 2.51 bits per heavy atom. The molecule has 0 bridgehead atoms. The number of amides is 2. The van der Waals surface area contributed by atoms with Gasteiger partial charge in [-0.1, -0.05) is 18.6 Å².